The number of nitrogens with one attached hydrogen (secondary N) is 1. The van der Waals surface area contributed by atoms with Crippen molar-refractivity contribution in [2.24, 2.45) is 7.05 Å². The van der Waals surface area contributed by atoms with Crippen LogP contribution in [0.5, 0.6) is 0 Å². The number of aromatic amines is 1. The van der Waals surface area contributed by atoms with Crippen LogP contribution in [0, 0.1) is 13.8 Å². The Morgan fingerprint density at radius 3 is 2.68 bits per heavy atom. The van der Waals surface area contributed by atoms with Crippen molar-refractivity contribution in [1.29, 1.82) is 0 Å². The predicted octanol–water partition coefficient (Wildman–Crippen LogP) is 1.93. The van der Waals surface area contributed by atoms with E-state index in [1.165, 1.54) is 11.7 Å². The number of rotatable bonds is 2. The van der Waals surface area contributed by atoms with Gasteiger partial charge >= 0.3 is 11.7 Å². The zero-order chi connectivity index (χ0) is 16.0. The van der Waals surface area contributed by atoms with Crippen molar-refractivity contribution in [1.82, 2.24) is 14.7 Å². The smallest absolute Gasteiger partial charge is 0.340 e. The molecule has 0 atom stereocenters. The van der Waals surface area contributed by atoms with E-state index >= 15 is 0 Å². The molecule has 1 N–H and O–H groups in total. The Kier molecular flexibility index (Phi) is 3.13. The number of carbonyl (C=O) groups excluding carboxylic acids is 1. The van der Waals surface area contributed by atoms with Gasteiger partial charge in [-0.1, -0.05) is 5.16 Å². The van der Waals surface area contributed by atoms with Gasteiger partial charge in [-0.05, 0) is 31.5 Å². The van der Waals surface area contributed by atoms with Gasteiger partial charge in [0.2, 0.25) is 0 Å². The first-order chi connectivity index (χ1) is 10.4. The third-order valence-corrected chi connectivity index (χ3v) is 3.72. The molecule has 0 radical (unpaired) electrons. The van der Waals surface area contributed by atoms with Crippen LogP contribution in [0.3, 0.4) is 0 Å². The summed E-state index contributed by atoms with van der Waals surface area (Å²) in [4.78, 5) is 26.7. The summed E-state index contributed by atoms with van der Waals surface area (Å²) in [6.07, 6.45) is 0. The van der Waals surface area contributed by atoms with Crippen LogP contribution in [0.15, 0.2) is 21.5 Å². The van der Waals surface area contributed by atoms with E-state index in [2.05, 4.69) is 10.1 Å². The lowest BCUT2D eigenvalue weighted by Crippen LogP contribution is -2.13. The molecule has 22 heavy (non-hydrogen) atoms. The Balaban J connectivity index is 2.40. The molecule has 0 aliphatic rings. The number of benzene rings is 1. The first-order valence-corrected chi connectivity index (χ1v) is 6.68. The highest BCUT2D eigenvalue weighted by atomic mass is 16.5. The molecule has 3 aromatic rings. The Hall–Kier alpha value is -2.83. The normalized spacial score (nSPS) is 11.1. The van der Waals surface area contributed by atoms with Gasteiger partial charge in [0.15, 0.2) is 0 Å². The second kappa shape index (κ2) is 4.87. The molecular formula is C15H15N3O4. The van der Waals surface area contributed by atoms with E-state index in [1.54, 1.807) is 26.1 Å². The monoisotopic (exact) mass is 301 g/mol. The minimum atomic E-state index is -0.506. The highest BCUT2D eigenvalue weighted by molar-refractivity contribution is 6.04. The molecule has 0 aliphatic carbocycles. The van der Waals surface area contributed by atoms with E-state index in [4.69, 9.17) is 9.26 Å². The van der Waals surface area contributed by atoms with Crippen molar-refractivity contribution in [3.05, 3.63) is 39.6 Å². The summed E-state index contributed by atoms with van der Waals surface area (Å²) in [5.41, 5.74) is 3.35. The Morgan fingerprint density at radius 2 is 2.09 bits per heavy atom. The average Bonchev–Trinajstić information content (AvgIpc) is 2.97. The number of methoxy groups -OCH3 is 1. The summed E-state index contributed by atoms with van der Waals surface area (Å²) in [5, 5.41) is 3.92. The van der Waals surface area contributed by atoms with E-state index < -0.39 is 5.97 Å². The molecule has 3 rings (SSSR count). The Labute approximate surface area is 125 Å². The molecule has 0 spiro atoms. The Morgan fingerprint density at radius 1 is 1.36 bits per heavy atom. The summed E-state index contributed by atoms with van der Waals surface area (Å²) in [6, 6.07) is 3.49. The lowest BCUT2D eigenvalue weighted by atomic mass is 10.0. The van der Waals surface area contributed by atoms with Gasteiger partial charge in [0.1, 0.15) is 5.76 Å². The maximum Gasteiger partial charge on any atom is 0.340 e. The zero-order valence-corrected chi connectivity index (χ0v) is 12.7. The van der Waals surface area contributed by atoms with E-state index in [9.17, 15) is 9.59 Å². The number of carbonyl (C=O) groups is 1. The fourth-order valence-corrected chi connectivity index (χ4v) is 2.70. The summed E-state index contributed by atoms with van der Waals surface area (Å²) in [6.45, 7) is 3.62. The van der Waals surface area contributed by atoms with Crippen molar-refractivity contribution < 1.29 is 14.1 Å². The number of imidazole rings is 1. The van der Waals surface area contributed by atoms with Crippen molar-refractivity contribution in [3.63, 3.8) is 0 Å². The van der Waals surface area contributed by atoms with Crippen molar-refractivity contribution in [2.75, 3.05) is 7.11 Å². The van der Waals surface area contributed by atoms with Gasteiger partial charge < -0.3 is 14.2 Å². The van der Waals surface area contributed by atoms with Crippen LogP contribution >= 0.6 is 0 Å². The summed E-state index contributed by atoms with van der Waals surface area (Å²) in [5.74, 6) is 0.138. The van der Waals surface area contributed by atoms with Crippen molar-refractivity contribution >= 4 is 17.0 Å². The van der Waals surface area contributed by atoms with Crippen LogP contribution in [-0.2, 0) is 11.8 Å². The molecule has 1 aromatic carbocycles. The van der Waals surface area contributed by atoms with Crippen LogP contribution in [0.25, 0.3) is 22.2 Å². The molecule has 0 bridgehead atoms. The van der Waals surface area contributed by atoms with Gasteiger partial charge in [0.25, 0.3) is 0 Å². The van der Waals surface area contributed by atoms with E-state index in [0.717, 1.165) is 11.1 Å². The molecule has 7 heteroatoms. The van der Waals surface area contributed by atoms with Gasteiger partial charge in [0.05, 0.1) is 29.4 Å². The number of esters is 1. The minimum absolute atomic E-state index is 0.295. The minimum Gasteiger partial charge on any atom is -0.465 e. The molecule has 7 nitrogen and oxygen atoms in total. The van der Waals surface area contributed by atoms with Gasteiger partial charge in [-0.25, -0.2) is 9.59 Å². The quantitative estimate of drug-likeness (QED) is 0.730. The lowest BCUT2D eigenvalue weighted by molar-refractivity contribution is 0.0602. The highest BCUT2D eigenvalue weighted by Crippen LogP contribution is 2.31. The number of aryl methyl sites for hydroxylation is 3. The standard InChI is InChI=1S/C15H15N3O4/c1-7-12(8(2)22-17-7)9-5-10(14(19)21-4)13-11(6-9)16-15(20)18(13)3/h5-6H,1-4H3,(H,16,20). The number of nitrogens with zero attached hydrogens (tertiary/aromatic N) is 2. The van der Waals surface area contributed by atoms with Gasteiger partial charge in [0, 0.05) is 12.6 Å². The van der Waals surface area contributed by atoms with Crippen molar-refractivity contribution in [3.8, 4) is 11.1 Å². The molecule has 2 heterocycles. The molecule has 0 unspecified atom stereocenters. The topological polar surface area (TPSA) is 90.1 Å². The average molecular weight is 301 g/mol. The van der Waals surface area contributed by atoms with Gasteiger partial charge in [-0.15, -0.1) is 0 Å². The molecule has 114 valence electrons. The first-order valence-electron chi connectivity index (χ1n) is 6.68. The van der Waals surface area contributed by atoms with Gasteiger partial charge in [-0.2, -0.15) is 0 Å². The molecule has 0 amide bonds. The molecule has 0 fully saturated rings. The van der Waals surface area contributed by atoms with Crippen molar-refractivity contribution in [2.45, 2.75) is 13.8 Å². The number of aromatic nitrogens is 3. The van der Waals surface area contributed by atoms with Crippen LogP contribution in [-0.4, -0.2) is 27.8 Å². The number of fused-ring (bicyclic) bond motifs is 1. The fourth-order valence-electron chi connectivity index (χ4n) is 2.70. The largest absolute Gasteiger partial charge is 0.465 e. The first kappa shape index (κ1) is 14.1. The second-order valence-electron chi connectivity index (χ2n) is 5.10. The Bertz CT molecular complexity index is 926. The molecule has 2 aromatic heterocycles. The molecular weight excluding hydrogens is 286 g/mol. The van der Waals surface area contributed by atoms with E-state index in [0.29, 0.717) is 28.1 Å². The summed E-state index contributed by atoms with van der Waals surface area (Å²) < 4.78 is 11.4. The van der Waals surface area contributed by atoms with Crippen LogP contribution in [0.2, 0.25) is 0 Å². The second-order valence-corrected chi connectivity index (χ2v) is 5.10. The maximum atomic E-state index is 12.1. The summed E-state index contributed by atoms with van der Waals surface area (Å²) in [7, 11) is 2.91. The van der Waals surface area contributed by atoms with Crippen LogP contribution in [0.4, 0.5) is 0 Å². The predicted molar refractivity (Wildman–Crippen MR) is 79.9 cm³/mol. The SMILES string of the molecule is COC(=O)c1cc(-c2c(C)noc2C)cc2[nH]c(=O)n(C)c12. The van der Waals surface area contributed by atoms with E-state index in [-0.39, 0.29) is 5.69 Å². The highest BCUT2D eigenvalue weighted by Gasteiger charge is 2.20. The summed E-state index contributed by atoms with van der Waals surface area (Å²) >= 11 is 0. The zero-order valence-electron chi connectivity index (χ0n) is 12.7. The number of hydrogen-bond acceptors (Lipinski definition) is 5. The molecule has 0 aliphatic heterocycles. The third-order valence-electron chi connectivity index (χ3n) is 3.72. The van der Waals surface area contributed by atoms with Crippen LogP contribution < -0.4 is 5.69 Å². The number of ether oxygens (including phenoxy) is 1. The number of hydrogen-bond donors (Lipinski definition) is 1. The van der Waals surface area contributed by atoms with E-state index in [1.807, 2.05) is 6.92 Å². The lowest BCUT2D eigenvalue weighted by Gasteiger charge is -2.07. The third kappa shape index (κ3) is 1.93. The molecule has 0 saturated carbocycles. The van der Waals surface area contributed by atoms with Gasteiger partial charge in [-0.3, -0.25) is 4.57 Å². The fraction of sp³-hybridized carbons (Fsp3) is 0.267. The van der Waals surface area contributed by atoms with Crippen LogP contribution in [0.1, 0.15) is 21.8 Å². The molecule has 0 saturated heterocycles. The number of H-pyrrole nitrogens is 1. The maximum absolute atomic E-state index is 12.1.